The van der Waals surface area contributed by atoms with Crippen molar-refractivity contribution < 1.29 is 14.3 Å². The van der Waals surface area contributed by atoms with Gasteiger partial charge in [0.05, 0.1) is 40.7 Å². The largest absolute Gasteiger partial charge is 0.462 e. The van der Waals surface area contributed by atoms with Gasteiger partial charge < -0.3 is 4.74 Å². The van der Waals surface area contributed by atoms with Gasteiger partial charge in [0.2, 0.25) is 5.78 Å². The van der Waals surface area contributed by atoms with Crippen LogP contribution in [-0.2, 0) is 4.74 Å². The number of carbonyl (C=O) groups excluding carboxylic acids is 2. The average Bonchev–Trinajstić information content (AvgIpc) is 3.18. The summed E-state index contributed by atoms with van der Waals surface area (Å²) in [5.41, 5.74) is 3.28. The number of ether oxygens (including phenoxy) is 1. The first kappa shape index (κ1) is 20.3. The Bertz CT molecular complexity index is 1350. The molecule has 0 aliphatic carbocycles. The Balaban J connectivity index is 1.87. The third-order valence-electron chi connectivity index (χ3n) is 4.79. The highest BCUT2D eigenvalue weighted by Gasteiger charge is 2.22. The topological polar surface area (TPSA) is 84.5 Å². The van der Waals surface area contributed by atoms with E-state index in [0.29, 0.717) is 27.4 Å². The van der Waals surface area contributed by atoms with Crippen molar-refractivity contribution in [3.05, 3.63) is 94.4 Å². The molecular weight excluding hydrogens is 414 g/mol. The van der Waals surface area contributed by atoms with E-state index in [9.17, 15) is 9.59 Å². The minimum Gasteiger partial charge on any atom is -0.462 e. The number of aromatic nitrogens is 2. The molecule has 0 saturated heterocycles. The van der Waals surface area contributed by atoms with Gasteiger partial charge in [-0.05, 0) is 55.5 Å². The first-order chi connectivity index (χ1) is 15.0. The van der Waals surface area contributed by atoms with E-state index in [1.165, 1.54) is 12.4 Å². The van der Waals surface area contributed by atoms with E-state index in [-0.39, 0.29) is 23.6 Å². The Kier molecular flexibility index (Phi) is 5.52. The molecule has 6 nitrogen and oxygen atoms in total. The summed E-state index contributed by atoms with van der Waals surface area (Å²) in [4.78, 5) is 30.2. The molecule has 4 rings (SSSR count). The highest BCUT2D eigenvalue weighted by Crippen LogP contribution is 2.26. The van der Waals surface area contributed by atoms with Gasteiger partial charge in [0, 0.05) is 16.1 Å². The molecular formula is C24H16ClN3O3. The van der Waals surface area contributed by atoms with Gasteiger partial charge in [-0.2, -0.15) is 5.26 Å². The molecule has 0 atom stereocenters. The maximum absolute atomic E-state index is 13.2. The van der Waals surface area contributed by atoms with Crippen LogP contribution >= 0.6 is 11.6 Å². The zero-order valence-electron chi connectivity index (χ0n) is 16.5. The van der Waals surface area contributed by atoms with Gasteiger partial charge in [-0.1, -0.05) is 23.7 Å². The van der Waals surface area contributed by atoms with Crippen LogP contribution in [0.2, 0.25) is 5.02 Å². The second-order valence-electron chi connectivity index (χ2n) is 6.72. The Labute approximate surface area is 183 Å². The Morgan fingerprint density at radius 1 is 1.13 bits per heavy atom. The predicted molar refractivity (Wildman–Crippen MR) is 116 cm³/mol. The molecule has 31 heavy (non-hydrogen) atoms. The van der Waals surface area contributed by atoms with Crippen molar-refractivity contribution in [3.63, 3.8) is 0 Å². The van der Waals surface area contributed by atoms with E-state index in [0.717, 1.165) is 5.56 Å². The number of halogens is 1. The lowest BCUT2D eigenvalue weighted by Gasteiger charge is -2.06. The normalized spacial score (nSPS) is 10.6. The highest BCUT2D eigenvalue weighted by molar-refractivity contribution is 6.30. The Hall–Kier alpha value is -3.95. The number of nitrogens with zero attached hydrogens (tertiary/aromatic N) is 3. The molecule has 152 valence electrons. The number of fused-ring (bicyclic) bond motifs is 1. The van der Waals surface area contributed by atoms with Gasteiger partial charge in [0.1, 0.15) is 6.33 Å². The lowest BCUT2D eigenvalue weighted by molar-refractivity contribution is 0.0529. The van der Waals surface area contributed by atoms with E-state index in [2.05, 4.69) is 4.98 Å². The van der Waals surface area contributed by atoms with Gasteiger partial charge in [0.15, 0.2) is 0 Å². The van der Waals surface area contributed by atoms with E-state index in [1.54, 1.807) is 53.8 Å². The summed E-state index contributed by atoms with van der Waals surface area (Å²) in [5, 5.41) is 9.54. The van der Waals surface area contributed by atoms with E-state index in [1.807, 2.05) is 18.2 Å². The molecule has 0 bridgehead atoms. The Morgan fingerprint density at radius 3 is 2.58 bits per heavy atom. The van der Waals surface area contributed by atoms with E-state index in [4.69, 9.17) is 21.6 Å². The fraction of sp³-hybridized carbons (Fsp3) is 0.0833. The summed E-state index contributed by atoms with van der Waals surface area (Å²) in [5.74, 6) is -0.825. The number of rotatable bonds is 5. The van der Waals surface area contributed by atoms with Crippen molar-refractivity contribution >= 4 is 28.9 Å². The van der Waals surface area contributed by atoms with Gasteiger partial charge in [0.25, 0.3) is 0 Å². The second-order valence-corrected chi connectivity index (χ2v) is 7.16. The summed E-state index contributed by atoms with van der Waals surface area (Å²) in [6, 6.07) is 18.8. The number of ketones is 1. The van der Waals surface area contributed by atoms with Crippen LogP contribution in [0.3, 0.4) is 0 Å². The number of hydrogen-bond donors (Lipinski definition) is 0. The summed E-state index contributed by atoms with van der Waals surface area (Å²) in [6.45, 7) is 1.93. The predicted octanol–water partition coefficient (Wildman–Crippen LogP) is 4.93. The molecule has 0 radical (unpaired) electrons. The van der Waals surface area contributed by atoms with Crippen LogP contribution in [0.15, 0.2) is 67.0 Å². The van der Waals surface area contributed by atoms with Crippen molar-refractivity contribution in [1.82, 2.24) is 9.38 Å². The number of nitriles is 1. The molecule has 2 heterocycles. The fourth-order valence-electron chi connectivity index (χ4n) is 3.30. The van der Waals surface area contributed by atoms with Crippen molar-refractivity contribution in [2.24, 2.45) is 0 Å². The molecule has 0 aliphatic heterocycles. The maximum Gasteiger partial charge on any atom is 0.340 e. The first-order valence-corrected chi connectivity index (χ1v) is 9.88. The van der Waals surface area contributed by atoms with Crippen LogP contribution < -0.4 is 0 Å². The fourth-order valence-corrected chi connectivity index (χ4v) is 3.49. The van der Waals surface area contributed by atoms with Gasteiger partial charge in [-0.25, -0.2) is 9.78 Å². The van der Waals surface area contributed by atoms with Crippen LogP contribution in [0.1, 0.15) is 38.9 Å². The minimum atomic E-state index is -0.526. The van der Waals surface area contributed by atoms with Crippen molar-refractivity contribution in [2.45, 2.75) is 6.92 Å². The average molecular weight is 430 g/mol. The number of esters is 1. The van der Waals surface area contributed by atoms with Gasteiger partial charge in [-0.15, -0.1) is 0 Å². The zero-order valence-corrected chi connectivity index (χ0v) is 17.3. The molecule has 2 aromatic heterocycles. The molecule has 0 aliphatic rings. The molecule has 0 unspecified atom stereocenters. The van der Waals surface area contributed by atoms with Crippen LogP contribution in [0.5, 0.6) is 0 Å². The summed E-state index contributed by atoms with van der Waals surface area (Å²) in [6.07, 6.45) is 1.51. The molecule has 0 N–H and O–H groups in total. The second kappa shape index (κ2) is 8.42. The van der Waals surface area contributed by atoms with Crippen molar-refractivity contribution in [1.29, 1.82) is 5.26 Å². The number of benzene rings is 2. The minimum absolute atomic E-state index is 0.210. The molecule has 0 amide bonds. The summed E-state index contributed by atoms with van der Waals surface area (Å²) < 4.78 is 6.76. The third-order valence-corrected chi connectivity index (χ3v) is 5.02. The van der Waals surface area contributed by atoms with Crippen LogP contribution in [-0.4, -0.2) is 27.7 Å². The third kappa shape index (κ3) is 3.91. The molecule has 0 saturated carbocycles. The van der Waals surface area contributed by atoms with Crippen LogP contribution in [0.4, 0.5) is 0 Å². The quantitative estimate of drug-likeness (QED) is 0.331. The van der Waals surface area contributed by atoms with Crippen LogP contribution in [0, 0.1) is 11.3 Å². The van der Waals surface area contributed by atoms with E-state index < -0.39 is 5.97 Å². The van der Waals surface area contributed by atoms with E-state index >= 15 is 0 Å². The monoisotopic (exact) mass is 429 g/mol. The lowest BCUT2D eigenvalue weighted by Crippen LogP contribution is -2.05. The number of carbonyl (C=O) groups is 2. The lowest BCUT2D eigenvalue weighted by atomic mass is 10.1. The zero-order chi connectivity index (χ0) is 22.0. The molecule has 4 aromatic rings. The molecule has 0 spiro atoms. The highest BCUT2D eigenvalue weighted by atomic mass is 35.5. The Morgan fingerprint density at radius 2 is 1.90 bits per heavy atom. The molecule has 2 aromatic carbocycles. The van der Waals surface area contributed by atoms with Gasteiger partial charge >= 0.3 is 5.97 Å². The maximum atomic E-state index is 13.2. The first-order valence-electron chi connectivity index (χ1n) is 9.51. The van der Waals surface area contributed by atoms with Crippen molar-refractivity contribution in [2.75, 3.05) is 6.61 Å². The molecule has 7 heteroatoms. The SMILES string of the molecule is CCOC(=O)c1cc(C(=O)c2ccc(C#N)cc2)n2cnc(-c3cccc(Cl)c3)cc12. The standard InChI is InChI=1S/C24H16ClN3O3/c1-2-31-24(30)19-11-22(23(29)16-8-6-15(13-26)7-9-16)28-14-27-20(12-21(19)28)17-4-3-5-18(25)10-17/h3-12,14H,2H2,1H3. The summed E-state index contributed by atoms with van der Waals surface area (Å²) >= 11 is 6.10. The smallest absolute Gasteiger partial charge is 0.340 e. The van der Waals surface area contributed by atoms with Gasteiger partial charge in [-0.3, -0.25) is 9.20 Å². The van der Waals surface area contributed by atoms with Crippen molar-refractivity contribution in [3.8, 4) is 17.3 Å². The van der Waals surface area contributed by atoms with Crippen LogP contribution in [0.25, 0.3) is 16.8 Å². The summed E-state index contributed by atoms with van der Waals surface area (Å²) in [7, 11) is 0. The molecule has 0 fully saturated rings. The number of hydrogen-bond acceptors (Lipinski definition) is 5.